The van der Waals surface area contributed by atoms with Crippen molar-refractivity contribution in [3.05, 3.63) is 0 Å². The monoisotopic (exact) mass is 215 g/mol. The fourth-order valence-corrected chi connectivity index (χ4v) is 1.60. The van der Waals surface area contributed by atoms with Crippen LogP contribution in [0.2, 0.25) is 0 Å². The van der Waals surface area contributed by atoms with E-state index in [-0.39, 0.29) is 5.78 Å². The van der Waals surface area contributed by atoms with Gasteiger partial charge in [0.15, 0.2) is 0 Å². The zero-order valence-electron chi connectivity index (χ0n) is 10.7. The molecule has 0 spiro atoms. The zero-order chi connectivity index (χ0) is 11.8. The Morgan fingerprint density at radius 3 is 2.07 bits per heavy atom. The van der Waals surface area contributed by atoms with E-state index in [9.17, 15) is 4.79 Å². The molecule has 0 aliphatic heterocycles. The molecule has 0 aromatic rings. The van der Waals surface area contributed by atoms with E-state index in [0.717, 1.165) is 6.54 Å². The van der Waals surface area contributed by atoms with Crippen molar-refractivity contribution in [2.75, 3.05) is 19.8 Å². The number of Topliss-reactive ketones (excluding diaryl/α,β-unsaturated/α-hetero) is 1. The van der Waals surface area contributed by atoms with Crippen molar-refractivity contribution in [2.45, 2.75) is 53.1 Å². The molecule has 0 rings (SSSR count). The van der Waals surface area contributed by atoms with E-state index >= 15 is 0 Å². The lowest BCUT2D eigenvalue weighted by molar-refractivity contribution is -0.118. The fourth-order valence-electron chi connectivity index (χ4n) is 1.60. The van der Waals surface area contributed by atoms with Crippen molar-refractivity contribution < 1.29 is 9.53 Å². The molecule has 0 aliphatic carbocycles. The van der Waals surface area contributed by atoms with Crippen LogP contribution in [0.4, 0.5) is 0 Å². The summed E-state index contributed by atoms with van der Waals surface area (Å²) < 4.78 is 5.41. The van der Waals surface area contributed by atoms with Gasteiger partial charge in [0.1, 0.15) is 5.78 Å². The Bertz CT molecular complexity index is 170. The van der Waals surface area contributed by atoms with Crippen LogP contribution in [0, 0.1) is 0 Å². The molecule has 0 aromatic heterocycles. The molecule has 0 N–H and O–H groups in total. The molecule has 0 fully saturated rings. The predicted molar refractivity (Wildman–Crippen MR) is 63.1 cm³/mol. The normalized spacial score (nSPS) is 11.7. The number of ether oxygens (including phenoxy) is 1. The second-order valence-corrected chi connectivity index (χ2v) is 4.49. The molecule has 3 heteroatoms. The van der Waals surface area contributed by atoms with Crippen LogP contribution < -0.4 is 0 Å². The molecule has 15 heavy (non-hydrogen) atoms. The van der Waals surface area contributed by atoms with E-state index in [4.69, 9.17) is 4.74 Å². The highest BCUT2D eigenvalue weighted by molar-refractivity contribution is 5.75. The van der Waals surface area contributed by atoms with Gasteiger partial charge in [0.25, 0.3) is 0 Å². The van der Waals surface area contributed by atoms with Crippen molar-refractivity contribution >= 4 is 5.78 Å². The minimum atomic E-state index is 0.194. The number of carbonyl (C=O) groups excluding carboxylic acids is 1. The second kappa shape index (κ2) is 7.83. The van der Waals surface area contributed by atoms with E-state index in [1.54, 1.807) is 6.92 Å². The van der Waals surface area contributed by atoms with E-state index in [0.29, 0.717) is 31.7 Å². The maximum absolute atomic E-state index is 10.7. The van der Waals surface area contributed by atoms with Crippen molar-refractivity contribution in [1.29, 1.82) is 0 Å². The smallest absolute Gasteiger partial charge is 0.132 e. The summed E-state index contributed by atoms with van der Waals surface area (Å²) >= 11 is 0. The Hall–Kier alpha value is -0.410. The standard InChI is InChI=1S/C12H25NO2/c1-10(2)13(11(3)4)7-9-15-8-6-12(5)14/h10-11H,6-9H2,1-5H3. The summed E-state index contributed by atoms with van der Waals surface area (Å²) in [5, 5.41) is 0. The van der Waals surface area contributed by atoms with E-state index < -0.39 is 0 Å². The molecular formula is C12H25NO2. The third-order valence-electron chi connectivity index (χ3n) is 2.42. The van der Waals surface area contributed by atoms with Crippen molar-refractivity contribution in [1.82, 2.24) is 4.90 Å². The van der Waals surface area contributed by atoms with Crippen molar-refractivity contribution in [3.63, 3.8) is 0 Å². The summed E-state index contributed by atoms with van der Waals surface area (Å²) in [6.07, 6.45) is 0.531. The number of ketones is 1. The Morgan fingerprint density at radius 1 is 1.13 bits per heavy atom. The average Bonchev–Trinajstić information content (AvgIpc) is 2.08. The fraction of sp³-hybridized carbons (Fsp3) is 0.917. The summed E-state index contributed by atoms with van der Waals surface area (Å²) in [6, 6.07) is 1.09. The lowest BCUT2D eigenvalue weighted by Gasteiger charge is -2.30. The van der Waals surface area contributed by atoms with Gasteiger partial charge >= 0.3 is 0 Å². The summed E-state index contributed by atoms with van der Waals surface area (Å²) in [4.78, 5) is 13.0. The molecule has 0 unspecified atom stereocenters. The number of hydrogen-bond acceptors (Lipinski definition) is 3. The van der Waals surface area contributed by atoms with E-state index in [2.05, 4.69) is 32.6 Å². The summed E-state index contributed by atoms with van der Waals surface area (Å²) in [5.41, 5.74) is 0. The largest absolute Gasteiger partial charge is 0.380 e. The Labute approximate surface area is 93.8 Å². The van der Waals surface area contributed by atoms with Crippen LogP contribution in [-0.4, -0.2) is 42.5 Å². The van der Waals surface area contributed by atoms with Crippen molar-refractivity contribution in [2.24, 2.45) is 0 Å². The lowest BCUT2D eigenvalue weighted by Crippen LogP contribution is -2.39. The molecule has 3 nitrogen and oxygen atoms in total. The molecular weight excluding hydrogens is 190 g/mol. The first-order valence-corrected chi connectivity index (χ1v) is 5.78. The van der Waals surface area contributed by atoms with E-state index in [1.165, 1.54) is 0 Å². The number of rotatable bonds is 8. The van der Waals surface area contributed by atoms with Crippen LogP contribution in [-0.2, 0) is 9.53 Å². The van der Waals surface area contributed by atoms with Gasteiger partial charge in [-0.2, -0.15) is 0 Å². The van der Waals surface area contributed by atoms with Gasteiger partial charge in [-0.25, -0.2) is 0 Å². The number of hydrogen-bond donors (Lipinski definition) is 0. The average molecular weight is 215 g/mol. The van der Waals surface area contributed by atoms with Gasteiger partial charge in [-0.3, -0.25) is 9.69 Å². The van der Waals surface area contributed by atoms with Gasteiger partial charge in [-0.1, -0.05) is 0 Å². The zero-order valence-corrected chi connectivity index (χ0v) is 10.7. The molecule has 0 atom stereocenters. The number of carbonyl (C=O) groups is 1. The predicted octanol–water partition coefficient (Wildman–Crippen LogP) is 2.10. The molecule has 0 aliphatic rings. The van der Waals surface area contributed by atoms with Crippen LogP contribution in [0.5, 0.6) is 0 Å². The minimum Gasteiger partial charge on any atom is -0.380 e. The molecule has 0 saturated carbocycles. The van der Waals surface area contributed by atoms with Crippen LogP contribution in [0.1, 0.15) is 41.0 Å². The summed E-state index contributed by atoms with van der Waals surface area (Å²) in [5.74, 6) is 0.194. The van der Waals surface area contributed by atoms with Gasteiger partial charge in [0.2, 0.25) is 0 Å². The van der Waals surface area contributed by atoms with Gasteiger partial charge in [0, 0.05) is 25.0 Å². The first-order valence-electron chi connectivity index (χ1n) is 5.78. The van der Waals surface area contributed by atoms with Gasteiger partial charge in [0.05, 0.1) is 13.2 Å². The van der Waals surface area contributed by atoms with E-state index in [1.807, 2.05) is 0 Å². The summed E-state index contributed by atoms with van der Waals surface area (Å²) in [6.45, 7) is 12.6. The summed E-state index contributed by atoms with van der Waals surface area (Å²) in [7, 11) is 0. The Balaban J connectivity index is 3.59. The van der Waals surface area contributed by atoms with Gasteiger partial charge in [-0.15, -0.1) is 0 Å². The topological polar surface area (TPSA) is 29.5 Å². The van der Waals surface area contributed by atoms with Crippen molar-refractivity contribution in [3.8, 4) is 0 Å². The maximum atomic E-state index is 10.7. The molecule has 0 saturated heterocycles. The highest BCUT2D eigenvalue weighted by Crippen LogP contribution is 2.03. The quantitative estimate of drug-likeness (QED) is 0.581. The molecule has 0 aromatic carbocycles. The lowest BCUT2D eigenvalue weighted by atomic mass is 10.2. The molecule has 0 radical (unpaired) electrons. The van der Waals surface area contributed by atoms with Crippen LogP contribution >= 0.6 is 0 Å². The third kappa shape index (κ3) is 7.51. The Morgan fingerprint density at radius 2 is 1.67 bits per heavy atom. The Kier molecular flexibility index (Phi) is 7.61. The molecule has 0 amide bonds. The maximum Gasteiger partial charge on any atom is 0.132 e. The van der Waals surface area contributed by atoms with Gasteiger partial charge in [-0.05, 0) is 34.6 Å². The highest BCUT2D eigenvalue weighted by Gasteiger charge is 2.12. The van der Waals surface area contributed by atoms with Gasteiger partial charge < -0.3 is 4.74 Å². The molecule has 0 bridgehead atoms. The minimum absolute atomic E-state index is 0.194. The van der Waals surface area contributed by atoms with Crippen LogP contribution in [0.15, 0.2) is 0 Å². The molecule has 90 valence electrons. The number of nitrogens with zero attached hydrogens (tertiary/aromatic N) is 1. The SMILES string of the molecule is CC(=O)CCOCCN(C(C)C)C(C)C. The van der Waals surface area contributed by atoms with Crippen LogP contribution in [0.25, 0.3) is 0 Å². The first-order chi connectivity index (χ1) is 6.95. The van der Waals surface area contributed by atoms with Crippen LogP contribution in [0.3, 0.4) is 0 Å². The third-order valence-corrected chi connectivity index (χ3v) is 2.42. The molecule has 0 heterocycles. The second-order valence-electron chi connectivity index (χ2n) is 4.49. The highest BCUT2D eigenvalue weighted by atomic mass is 16.5. The first kappa shape index (κ1) is 14.6.